The van der Waals surface area contributed by atoms with Crippen LogP contribution < -0.4 is 0 Å². The third kappa shape index (κ3) is 5.15. The molecular weight excluding hydrogens is 98.1 g/mol. The quantitative estimate of drug-likeness (QED) is 0.379. The molecule has 0 amide bonds. The molecule has 0 heterocycles. The molecule has 0 radical (unpaired) electrons. The molecule has 0 aliphatic rings. The van der Waals surface area contributed by atoms with Crippen LogP contribution in [0.3, 0.4) is 0 Å². The largest absolute Gasteiger partial charge is 0.297 e. The second-order valence-corrected chi connectivity index (χ2v) is 1.32. The van der Waals surface area contributed by atoms with Crippen molar-refractivity contribution in [2.45, 2.75) is 6.92 Å². The van der Waals surface area contributed by atoms with Crippen molar-refractivity contribution in [1.82, 2.24) is 0 Å². The second kappa shape index (κ2) is 6.15. The van der Waals surface area contributed by atoms with Crippen LogP contribution in [0.25, 0.3) is 0 Å². The fourth-order valence-corrected chi connectivity index (χ4v) is 0.311. The van der Waals surface area contributed by atoms with Crippen LogP contribution in [0.5, 0.6) is 0 Å². The van der Waals surface area contributed by atoms with Gasteiger partial charge in [0, 0.05) is 13.3 Å². The van der Waals surface area contributed by atoms with E-state index in [0.717, 1.165) is 0 Å². The van der Waals surface area contributed by atoms with Crippen LogP contribution in [0.15, 0.2) is 29.3 Å². The molecular formula is C7H11N. The fourth-order valence-electron chi connectivity index (χ4n) is 0.311. The Morgan fingerprint density at radius 3 is 2.38 bits per heavy atom. The molecule has 0 atom stereocenters. The molecule has 0 bridgehead atoms. The Labute approximate surface area is 50.4 Å². The Bertz CT molecular complexity index is 95.6. The number of aliphatic imine (C=N–C) groups is 1. The van der Waals surface area contributed by atoms with Gasteiger partial charge in [0.05, 0.1) is 0 Å². The van der Waals surface area contributed by atoms with E-state index < -0.39 is 0 Å². The molecule has 0 aromatic heterocycles. The lowest BCUT2D eigenvalue weighted by atomic mass is 10.4. The Balaban J connectivity index is 3.35. The number of nitrogens with zero attached hydrogens (tertiary/aromatic N) is 1. The second-order valence-electron chi connectivity index (χ2n) is 1.32. The maximum atomic E-state index is 3.76. The van der Waals surface area contributed by atoms with Crippen molar-refractivity contribution < 1.29 is 0 Å². The van der Waals surface area contributed by atoms with Gasteiger partial charge in [-0.05, 0) is 13.0 Å². The van der Waals surface area contributed by atoms with E-state index in [-0.39, 0.29) is 0 Å². The molecule has 1 nitrogen and oxygen atoms in total. The highest BCUT2D eigenvalue weighted by molar-refractivity contribution is 5.71. The maximum Gasteiger partial charge on any atom is 0.0277 e. The van der Waals surface area contributed by atoms with Crippen LogP contribution in [-0.2, 0) is 0 Å². The summed E-state index contributed by atoms with van der Waals surface area (Å²) >= 11 is 0. The summed E-state index contributed by atoms with van der Waals surface area (Å²) in [7, 11) is 1.75. The van der Waals surface area contributed by atoms with E-state index in [9.17, 15) is 0 Å². The fraction of sp³-hybridized carbons (Fsp3) is 0.286. The summed E-state index contributed by atoms with van der Waals surface area (Å²) in [5, 5.41) is 0. The van der Waals surface area contributed by atoms with Crippen molar-refractivity contribution in [3.8, 4) is 0 Å². The molecule has 0 N–H and O–H groups in total. The molecule has 0 saturated heterocycles. The molecule has 0 aliphatic carbocycles. The van der Waals surface area contributed by atoms with Crippen molar-refractivity contribution in [2.75, 3.05) is 7.05 Å². The van der Waals surface area contributed by atoms with Crippen molar-refractivity contribution >= 4 is 6.21 Å². The van der Waals surface area contributed by atoms with Gasteiger partial charge in [-0.25, -0.2) is 0 Å². The highest BCUT2D eigenvalue weighted by atomic mass is 14.6. The summed E-state index contributed by atoms with van der Waals surface area (Å²) in [5.74, 6) is 0. The first kappa shape index (κ1) is 7.15. The van der Waals surface area contributed by atoms with Crippen molar-refractivity contribution in [1.29, 1.82) is 0 Å². The molecule has 0 aromatic rings. The highest BCUT2D eigenvalue weighted by Crippen LogP contribution is 1.71. The summed E-state index contributed by atoms with van der Waals surface area (Å²) < 4.78 is 0. The molecule has 0 saturated carbocycles. The minimum atomic E-state index is 1.75. The Morgan fingerprint density at radius 2 is 1.88 bits per heavy atom. The maximum absolute atomic E-state index is 3.76. The van der Waals surface area contributed by atoms with Crippen LogP contribution in [0.4, 0.5) is 0 Å². The smallest absolute Gasteiger partial charge is 0.0277 e. The Hall–Kier alpha value is -0.850. The zero-order valence-corrected chi connectivity index (χ0v) is 5.33. The van der Waals surface area contributed by atoms with Crippen LogP contribution in [0.2, 0.25) is 0 Å². The van der Waals surface area contributed by atoms with Crippen LogP contribution in [0.1, 0.15) is 6.92 Å². The van der Waals surface area contributed by atoms with Gasteiger partial charge in [-0.2, -0.15) is 0 Å². The molecule has 1 heteroatoms. The minimum Gasteiger partial charge on any atom is -0.297 e. The zero-order valence-electron chi connectivity index (χ0n) is 5.33. The van der Waals surface area contributed by atoms with Crippen molar-refractivity contribution in [2.24, 2.45) is 4.99 Å². The molecule has 8 heavy (non-hydrogen) atoms. The number of hydrogen-bond acceptors (Lipinski definition) is 1. The third-order valence-corrected chi connectivity index (χ3v) is 0.650. The molecule has 44 valence electrons. The SMILES string of the molecule is C/C=C/C=C\C=NC. The van der Waals surface area contributed by atoms with Gasteiger partial charge in [0.15, 0.2) is 0 Å². The first-order valence-electron chi connectivity index (χ1n) is 2.62. The zero-order chi connectivity index (χ0) is 6.24. The molecule has 0 unspecified atom stereocenters. The standard InChI is InChI=1S/C7H11N/c1-3-4-5-6-7-8-2/h3-7H,1-2H3/b4-3+,6-5-,8-7?. The monoisotopic (exact) mass is 109 g/mol. The average molecular weight is 109 g/mol. The van der Waals surface area contributed by atoms with E-state index in [1.165, 1.54) is 0 Å². The van der Waals surface area contributed by atoms with Crippen molar-refractivity contribution in [3.05, 3.63) is 24.3 Å². The van der Waals surface area contributed by atoms with E-state index in [4.69, 9.17) is 0 Å². The van der Waals surface area contributed by atoms with E-state index in [1.807, 2.05) is 31.2 Å². The van der Waals surface area contributed by atoms with Gasteiger partial charge >= 0.3 is 0 Å². The van der Waals surface area contributed by atoms with Crippen LogP contribution >= 0.6 is 0 Å². The minimum absolute atomic E-state index is 1.75. The number of hydrogen-bond donors (Lipinski definition) is 0. The molecule has 0 spiro atoms. The number of allylic oxidation sites excluding steroid dienone is 4. The summed E-state index contributed by atoms with van der Waals surface area (Å²) in [6.07, 6.45) is 9.51. The van der Waals surface area contributed by atoms with Crippen molar-refractivity contribution in [3.63, 3.8) is 0 Å². The average Bonchev–Trinajstić information content (AvgIpc) is 1.81. The number of rotatable bonds is 2. The Kier molecular flexibility index (Phi) is 5.50. The molecule has 0 fully saturated rings. The lowest BCUT2D eigenvalue weighted by Gasteiger charge is -1.68. The summed E-state index contributed by atoms with van der Waals surface area (Å²) in [4.78, 5) is 3.76. The van der Waals surface area contributed by atoms with E-state index >= 15 is 0 Å². The van der Waals surface area contributed by atoms with Gasteiger partial charge in [-0.3, -0.25) is 4.99 Å². The van der Waals surface area contributed by atoms with Gasteiger partial charge in [0.2, 0.25) is 0 Å². The predicted molar refractivity (Wildman–Crippen MR) is 38.4 cm³/mol. The molecule has 0 aliphatic heterocycles. The Morgan fingerprint density at radius 1 is 1.12 bits per heavy atom. The lowest BCUT2D eigenvalue weighted by Crippen LogP contribution is -1.58. The summed E-state index contributed by atoms with van der Waals surface area (Å²) in [6, 6.07) is 0. The van der Waals surface area contributed by atoms with E-state index in [0.29, 0.717) is 0 Å². The van der Waals surface area contributed by atoms with E-state index in [2.05, 4.69) is 4.99 Å². The predicted octanol–water partition coefficient (Wildman–Crippen LogP) is 1.82. The molecule has 0 aromatic carbocycles. The first-order valence-corrected chi connectivity index (χ1v) is 2.62. The van der Waals surface area contributed by atoms with Crippen LogP contribution in [-0.4, -0.2) is 13.3 Å². The topological polar surface area (TPSA) is 12.4 Å². The van der Waals surface area contributed by atoms with E-state index in [1.54, 1.807) is 13.3 Å². The van der Waals surface area contributed by atoms with Gasteiger partial charge in [0.1, 0.15) is 0 Å². The lowest BCUT2D eigenvalue weighted by molar-refractivity contribution is 1.48. The van der Waals surface area contributed by atoms with Gasteiger partial charge in [-0.15, -0.1) is 0 Å². The van der Waals surface area contributed by atoms with Gasteiger partial charge in [0.25, 0.3) is 0 Å². The normalized spacial score (nSPS) is 12.8. The molecule has 0 rings (SSSR count). The first-order chi connectivity index (χ1) is 3.91. The summed E-state index contributed by atoms with van der Waals surface area (Å²) in [6.45, 7) is 1.98. The highest BCUT2D eigenvalue weighted by Gasteiger charge is 1.55. The van der Waals surface area contributed by atoms with Gasteiger partial charge in [-0.1, -0.05) is 18.2 Å². The van der Waals surface area contributed by atoms with Crippen LogP contribution in [0, 0.1) is 0 Å². The summed E-state index contributed by atoms with van der Waals surface area (Å²) in [5.41, 5.74) is 0. The third-order valence-electron chi connectivity index (χ3n) is 0.650. The van der Waals surface area contributed by atoms with Gasteiger partial charge < -0.3 is 0 Å².